The summed E-state index contributed by atoms with van der Waals surface area (Å²) < 4.78 is 0. The molecular weight excluding hydrogens is 464 g/mol. The SMILES string of the molecule is C.CC.CC1CC2C3CCC(C3)C2C1.Cc1ccc(O)c(C(C)(C)C)c1.Cc1ccc(O)c(C(C)(C)C)c1. The zero-order chi connectivity index (χ0) is 28.1. The second kappa shape index (κ2) is 13.9. The van der Waals surface area contributed by atoms with Crippen LogP contribution in [0.5, 0.6) is 11.5 Å². The van der Waals surface area contributed by atoms with E-state index in [4.69, 9.17) is 0 Å². The van der Waals surface area contributed by atoms with Gasteiger partial charge in [-0.3, -0.25) is 0 Å². The number of hydrogen-bond donors (Lipinski definition) is 2. The first-order valence-electron chi connectivity index (χ1n) is 14.8. The van der Waals surface area contributed by atoms with E-state index < -0.39 is 0 Å². The van der Waals surface area contributed by atoms with Crippen LogP contribution in [0.4, 0.5) is 0 Å². The minimum atomic E-state index is 0. The number of hydrogen-bond acceptors (Lipinski definition) is 2. The van der Waals surface area contributed by atoms with E-state index in [1.165, 1.54) is 34.8 Å². The minimum Gasteiger partial charge on any atom is -0.508 e. The van der Waals surface area contributed by atoms with Gasteiger partial charge < -0.3 is 10.2 Å². The summed E-state index contributed by atoms with van der Waals surface area (Å²) in [7, 11) is 0. The largest absolute Gasteiger partial charge is 0.508 e. The number of phenols is 2. The molecule has 0 amide bonds. The van der Waals surface area contributed by atoms with Crippen LogP contribution in [0.3, 0.4) is 0 Å². The maximum absolute atomic E-state index is 9.57. The van der Waals surface area contributed by atoms with Crippen molar-refractivity contribution in [2.75, 3.05) is 0 Å². The molecule has 2 nitrogen and oxygen atoms in total. The molecular formula is C36H60O2. The Morgan fingerprint density at radius 1 is 0.632 bits per heavy atom. The summed E-state index contributed by atoms with van der Waals surface area (Å²) in [4.78, 5) is 0. The van der Waals surface area contributed by atoms with Crippen LogP contribution < -0.4 is 0 Å². The molecule has 5 rings (SSSR count). The normalized spacial score (nSPS) is 25.0. The lowest BCUT2D eigenvalue weighted by Gasteiger charge is -2.23. The molecule has 216 valence electrons. The van der Waals surface area contributed by atoms with E-state index in [0.29, 0.717) is 11.5 Å². The quantitative estimate of drug-likeness (QED) is 0.360. The van der Waals surface area contributed by atoms with Crippen molar-refractivity contribution in [2.24, 2.45) is 29.6 Å². The lowest BCUT2D eigenvalue weighted by atomic mass is 9.82. The van der Waals surface area contributed by atoms with Crippen molar-refractivity contribution in [1.29, 1.82) is 0 Å². The first kappa shape index (κ1) is 34.1. The maximum atomic E-state index is 9.57. The summed E-state index contributed by atoms with van der Waals surface area (Å²) in [6.45, 7) is 23.1. The van der Waals surface area contributed by atoms with Crippen LogP contribution in [0.2, 0.25) is 0 Å². The second-order valence-corrected chi connectivity index (χ2v) is 13.8. The van der Waals surface area contributed by atoms with Crippen molar-refractivity contribution >= 4 is 0 Å². The van der Waals surface area contributed by atoms with Gasteiger partial charge in [0.1, 0.15) is 11.5 Å². The number of fused-ring (bicyclic) bond motifs is 5. The van der Waals surface area contributed by atoms with Crippen molar-refractivity contribution in [3.05, 3.63) is 58.7 Å². The standard InChI is InChI=1S/2C11H16O.C11H18.C2H6.CH4/c2*1-8-5-6-10(12)9(7-8)11(2,3)4;1-7-4-10-8-2-3-9(6-8)11(10)5-7;1-2;/h2*5-7,12H,1-4H3;7-11H,2-6H2,1H3;1-2H3;1H4. The van der Waals surface area contributed by atoms with Crippen molar-refractivity contribution in [3.8, 4) is 11.5 Å². The van der Waals surface area contributed by atoms with Gasteiger partial charge in [-0.2, -0.15) is 0 Å². The molecule has 2 bridgehead atoms. The van der Waals surface area contributed by atoms with E-state index in [0.717, 1.165) is 17.0 Å². The van der Waals surface area contributed by atoms with Crippen molar-refractivity contribution < 1.29 is 10.2 Å². The highest BCUT2D eigenvalue weighted by atomic mass is 16.3. The summed E-state index contributed by atoms with van der Waals surface area (Å²) >= 11 is 0. The van der Waals surface area contributed by atoms with Gasteiger partial charge in [0.05, 0.1) is 0 Å². The third kappa shape index (κ3) is 8.78. The molecule has 4 atom stereocenters. The predicted molar refractivity (Wildman–Crippen MR) is 167 cm³/mol. The third-order valence-corrected chi connectivity index (χ3v) is 8.54. The Bertz CT molecular complexity index is 912. The fourth-order valence-corrected chi connectivity index (χ4v) is 6.79. The highest BCUT2D eigenvalue weighted by Crippen LogP contribution is 2.59. The molecule has 38 heavy (non-hydrogen) atoms. The average molecular weight is 525 g/mol. The van der Waals surface area contributed by atoms with E-state index in [9.17, 15) is 10.2 Å². The molecule has 3 aliphatic carbocycles. The van der Waals surface area contributed by atoms with Crippen molar-refractivity contribution in [2.45, 2.75) is 127 Å². The molecule has 3 saturated carbocycles. The first-order chi connectivity index (χ1) is 17.2. The molecule has 3 fully saturated rings. The molecule has 0 spiro atoms. The molecule has 0 saturated heterocycles. The van der Waals surface area contributed by atoms with Gasteiger partial charge in [-0.1, -0.05) is 105 Å². The molecule has 0 radical (unpaired) electrons. The van der Waals surface area contributed by atoms with Gasteiger partial charge in [0, 0.05) is 0 Å². The monoisotopic (exact) mass is 524 g/mol. The van der Waals surface area contributed by atoms with E-state index in [-0.39, 0.29) is 18.3 Å². The maximum Gasteiger partial charge on any atom is 0.119 e. The topological polar surface area (TPSA) is 40.5 Å². The highest BCUT2D eigenvalue weighted by molar-refractivity contribution is 5.40. The Labute approximate surface area is 236 Å². The number of aromatic hydroxyl groups is 2. The van der Waals surface area contributed by atoms with Crippen LogP contribution in [0, 0.1) is 43.4 Å². The van der Waals surface area contributed by atoms with E-state index in [2.05, 4.69) is 48.5 Å². The summed E-state index contributed by atoms with van der Waals surface area (Å²) in [5, 5.41) is 19.1. The molecule has 0 aliphatic heterocycles. The first-order valence-corrected chi connectivity index (χ1v) is 14.8. The van der Waals surface area contributed by atoms with E-state index in [1.54, 1.807) is 44.2 Å². The summed E-state index contributed by atoms with van der Waals surface area (Å²) in [6.07, 6.45) is 7.93. The van der Waals surface area contributed by atoms with Gasteiger partial charge >= 0.3 is 0 Å². The lowest BCUT2D eigenvalue weighted by molar-refractivity contribution is 0.259. The molecule has 4 unspecified atom stereocenters. The van der Waals surface area contributed by atoms with Gasteiger partial charge in [-0.15, -0.1) is 0 Å². The van der Waals surface area contributed by atoms with Crippen LogP contribution in [-0.2, 0) is 10.8 Å². The van der Waals surface area contributed by atoms with Crippen molar-refractivity contribution in [3.63, 3.8) is 0 Å². The minimum absolute atomic E-state index is 0. The number of phenolic OH excluding ortho intramolecular Hbond substituents is 2. The van der Waals surface area contributed by atoms with Crippen LogP contribution in [-0.4, -0.2) is 10.2 Å². The zero-order valence-electron chi connectivity index (χ0n) is 25.8. The van der Waals surface area contributed by atoms with E-state index in [1.807, 2.05) is 52.0 Å². The molecule has 2 heteroatoms. The van der Waals surface area contributed by atoms with Gasteiger partial charge in [0.15, 0.2) is 0 Å². The Hall–Kier alpha value is -1.96. The zero-order valence-corrected chi connectivity index (χ0v) is 25.8. The fourth-order valence-electron chi connectivity index (χ4n) is 6.79. The Morgan fingerprint density at radius 3 is 1.26 bits per heavy atom. The number of rotatable bonds is 0. The Kier molecular flexibility index (Phi) is 12.5. The van der Waals surface area contributed by atoms with Gasteiger partial charge in [0.2, 0.25) is 0 Å². The van der Waals surface area contributed by atoms with E-state index >= 15 is 0 Å². The molecule has 2 N–H and O–H groups in total. The van der Waals surface area contributed by atoms with Crippen LogP contribution >= 0.6 is 0 Å². The molecule has 2 aromatic rings. The van der Waals surface area contributed by atoms with Gasteiger partial charge in [-0.25, -0.2) is 0 Å². The van der Waals surface area contributed by atoms with Gasteiger partial charge in [0.25, 0.3) is 0 Å². The average Bonchev–Trinajstić information content (AvgIpc) is 3.51. The predicted octanol–water partition coefficient (Wildman–Crippen LogP) is 10.7. The molecule has 2 aromatic carbocycles. The summed E-state index contributed by atoms with van der Waals surface area (Å²) in [5.74, 6) is 6.58. The summed E-state index contributed by atoms with van der Waals surface area (Å²) in [5.41, 5.74) is 4.46. The van der Waals surface area contributed by atoms with Crippen LogP contribution in [0.1, 0.15) is 124 Å². The molecule has 0 aromatic heterocycles. The van der Waals surface area contributed by atoms with Crippen LogP contribution in [0.15, 0.2) is 36.4 Å². The fraction of sp³-hybridized carbons (Fsp3) is 0.667. The summed E-state index contributed by atoms with van der Waals surface area (Å²) in [6, 6.07) is 11.4. The third-order valence-electron chi connectivity index (χ3n) is 8.54. The number of aryl methyl sites for hydroxylation is 2. The van der Waals surface area contributed by atoms with Crippen molar-refractivity contribution in [1.82, 2.24) is 0 Å². The Morgan fingerprint density at radius 2 is 0.974 bits per heavy atom. The van der Waals surface area contributed by atoms with Gasteiger partial charge in [-0.05, 0) is 110 Å². The second-order valence-electron chi connectivity index (χ2n) is 13.8. The lowest BCUT2D eigenvalue weighted by Crippen LogP contribution is -2.15. The molecule has 0 heterocycles. The highest BCUT2D eigenvalue weighted by Gasteiger charge is 2.50. The molecule has 3 aliphatic rings. The Balaban J connectivity index is 0.000000272. The smallest absolute Gasteiger partial charge is 0.119 e. The number of benzene rings is 2. The van der Waals surface area contributed by atoms with Crippen LogP contribution in [0.25, 0.3) is 0 Å².